The molecule has 0 radical (unpaired) electrons. The Bertz CT molecular complexity index is 120. The summed E-state index contributed by atoms with van der Waals surface area (Å²) in [5.74, 6) is 4.34. The molecule has 0 heterocycles. The normalized spacial score (nSPS) is 53.4. The molecule has 0 aromatic rings. The summed E-state index contributed by atoms with van der Waals surface area (Å²) in [6.45, 7) is 4.87. The van der Waals surface area contributed by atoms with Crippen molar-refractivity contribution >= 4 is 0 Å². The first-order valence-electron chi connectivity index (χ1n) is 4.77. The van der Waals surface area contributed by atoms with E-state index in [4.69, 9.17) is 0 Å². The third-order valence-electron chi connectivity index (χ3n) is 3.69. The van der Waals surface area contributed by atoms with Crippen molar-refractivity contribution in [3.8, 4) is 0 Å². The quantitative estimate of drug-likeness (QED) is 0.482. The largest absolute Gasteiger partial charge is 0.0625 e. The molecule has 0 aliphatic heterocycles. The second-order valence-corrected chi connectivity index (χ2v) is 4.56. The van der Waals surface area contributed by atoms with E-state index in [2.05, 4.69) is 13.8 Å². The summed E-state index contributed by atoms with van der Waals surface area (Å²) in [6, 6.07) is 0. The molecule has 0 aromatic carbocycles. The van der Waals surface area contributed by atoms with Gasteiger partial charge in [0.25, 0.3) is 0 Å². The van der Waals surface area contributed by atoms with Crippen molar-refractivity contribution < 1.29 is 0 Å². The molecule has 4 unspecified atom stereocenters. The molecule has 0 nitrogen and oxygen atoms in total. The Balaban J connectivity index is 1.99. The van der Waals surface area contributed by atoms with Gasteiger partial charge in [0.1, 0.15) is 0 Å². The van der Waals surface area contributed by atoms with E-state index < -0.39 is 0 Å². The zero-order valence-corrected chi connectivity index (χ0v) is 7.14. The molecule has 0 heteroatoms. The van der Waals surface area contributed by atoms with E-state index in [0.29, 0.717) is 0 Å². The third kappa shape index (κ3) is 0.889. The van der Waals surface area contributed by atoms with Crippen LogP contribution in [0.25, 0.3) is 0 Å². The van der Waals surface area contributed by atoms with Crippen molar-refractivity contribution in [2.24, 2.45) is 23.7 Å². The van der Waals surface area contributed by atoms with Crippen LogP contribution in [0.4, 0.5) is 0 Å². The Morgan fingerprint density at radius 3 is 2.30 bits per heavy atom. The van der Waals surface area contributed by atoms with Gasteiger partial charge in [0.05, 0.1) is 0 Å². The summed E-state index contributed by atoms with van der Waals surface area (Å²) >= 11 is 0. The van der Waals surface area contributed by atoms with Gasteiger partial charge in [-0.15, -0.1) is 0 Å². The van der Waals surface area contributed by atoms with Crippen LogP contribution in [0.3, 0.4) is 0 Å². The standard InChI is InChI=1S/C10H18/c1-7-5-8(2)10-4-3-9(10)6-7/h7-10H,3-6H2,1-2H3. The molecule has 0 amide bonds. The van der Waals surface area contributed by atoms with Crippen LogP contribution in [0.5, 0.6) is 0 Å². The molecule has 0 saturated heterocycles. The summed E-state index contributed by atoms with van der Waals surface area (Å²) < 4.78 is 0. The van der Waals surface area contributed by atoms with Crippen molar-refractivity contribution in [3.63, 3.8) is 0 Å². The Morgan fingerprint density at radius 1 is 1.00 bits per heavy atom. The highest BCUT2D eigenvalue weighted by atomic mass is 14.4. The highest BCUT2D eigenvalue weighted by Gasteiger charge is 2.39. The molecule has 4 atom stereocenters. The lowest BCUT2D eigenvalue weighted by atomic mass is 9.59. The lowest BCUT2D eigenvalue weighted by Crippen LogP contribution is -2.37. The van der Waals surface area contributed by atoms with Crippen LogP contribution in [0.1, 0.15) is 39.5 Å². The highest BCUT2D eigenvalue weighted by Crippen LogP contribution is 2.49. The number of hydrogen-bond acceptors (Lipinski definition) is 0. The SMILES string of the molecule is CC1CC(C)C2CCC2C1. The maximum absolute atomic E-state index is 2.45. The van der Waals surface area contributed by atoms with Crippen molar-refractivity contribution in [1.82, 2.24) is 0 Å². The fraction of sp³-hybridized carbons (Fsp3) is 1.00. The molecule has 0 spiro atoms. The number of hydrogen-bond donors (Lipinski definition) is 0. The lowest BCUT2D eigenvalue weighted by molar-refractivity contribution is 0.0346. The molecule has 0 N–H and O–H groups in total. The van der Waals surface area contributed by atoms with Gasteiger partial charge in [0.15, 0.2) is 0 Å². The molecule has 2 fully saturated rings. The maximum Gasteiger partial charge on any atom is -0.0360 e. The number of fused-ring (bicyclic) bond motifs is 1. The summed E-state index contributed by atoms with van der Waals surface area (Å²) in [6.07, 6.45) is 6.12. The second-order valence-electron chi connectivity index (χ2n) is 4.56. The molecule has 0 aromatic heterocycles. The molecule has 2 aliphatic rings. The van der Waals surface area contributed by atoms with E-state index in [0.717, 1.165) is 23.7 Å². The molecule has 10 heavy (non-hydrogen) atoms. The van der Waals surface area contributed by atoms with Crippen LogP contribution in [-0.4, -0.2) is 0 Å². The van der Waals surface area contributed by atoms with E-state index in [-0.39, 0.29) is 0 Å². The van der Waals surface area contributed by atoms with E-state index in [9.17, 15) is 0 Å². The zero-order chi connectivity index (χ0) is 7.14. The van der Waals surface area contributed by atoms with Crippen LogP contribution in [0.15, 0.2) is 0 Å². The minimum atomic E-state index is 1.02. The van der Waals surface area contributed by atoms with E-state index in [1.165, 1.54) is 12.8 Å². The Kier molecular flexibility index (Phi) is 1.51. The fourth-order valence-corrected chi connectivity index (χ4v) is 3.06. The van der Waals surface area contributed by atoms with Crippen LogP contribution >= 0.6 is 0 Å². The third-order valence-corrected chi connectivity index (χ3v) is 3.69. The van der Waals surface area contributed by atoms with Gasteiger partial charge in [-0.25, -0.2) is 0 Å². The van der Waals surface area contributed by atoms with Crippen molar-refractivity contribution in [3.05, 3.63) is 0 Å². The van der Waals surface area contributed by atoms with Crippen LogP contribution < -0.4 is 0 Å². The number of rotatable bonds is 0. The van der Waals surface area contributed by atoms with Crippen LogP contribution in [-0.2, 0) is 0 Å². The average Bonchev–Trinajstić information content (AvgIpc) is 1.77. The van der Waals surface area contributed by atoms with Gasteiger partial charge >= 0.3 is 0 Å². The van der Waals surface area contributed by atoms with Gasteiger partial charge in [0, 0.05) is 0 Å². The first-order chi connectivity index (χ1) is 4.77. The monoisotopic (exact) mass is 138 g/mol. The predicted molar refractivity (Wildman–Crippen MR) is 43.8 cm³/mol. The maximum atomic E-state index is 2.45. The van der Waals surface area contributed by atoms with Crippen LogP contribution in [0, 0.1) is 23.7 Å². The van der Waals surface area contributed by atoms with Gasteiger partial charge in [-0.1, -0.05) is 13.8 Å². The van der Waals surface area contributed by atoms with E-state index in [1.807, 2.05) is 0 Å². The van der Waals surface area contributed by atoms with Crippen molar-refractivity contribution in [2.75, 3.05) is 0 Å². The van der Waals surface area contributed by atoms with Crippen molar-refractivity contribution in [2.45, 2.75) is 39.5 Å². The van der Waals surface area contributed by atoms with Gasteiger partial charge < -0.3 is 0 Å². The topological polar surface area (TPSA) is 0 Å². The van der Waals surface area contributed by atoms with Gasteiger partial charge in [-0.3, -0.25) is 0 Å². The highest BCUT2D eigenvalue weighted by molar-refractivity contribution is 4.89. The van der Waals surface area contributed by atoms with Gasteiger partial charge in [0.2, 0.25) is 0 Å². The smallest absolute Gasteiger partial charge is 0.0360 e. The van der Waals surface area contributed by atoms with E-state index >= 15 is 0 Å². The Hall–Kier alpha value is 0. The molecule has 58 valence electrons. The second kappa shape index (κ2) is 2.25. The minimum absolute atomic E-state index is 1.02. The fourth-order valence-electron chi connectivity index (χ4n) is 3.06. The Labute approximate surface area is 64.0 Å². The molecule has 0 bridgehead atoms. The molecule has 2 saturated carbocycles. The Morgan fingerprint density at radius 2 is 1.80 bits per heavy atom. The first kappa shape index (κ1) is 6.69. The molecular weight excluding hydrogens is 120 g/mol. The van der Waals surface area contributed by atoms with Crippen molar-refractivity contribution in [1.29, 1.82) is 0 Å². The molecule has 2 rings (SSSR count). The summed E-state index contributed by atoms with van der Waals surface area (Å²) in [5, 5.41) is 0. The first-order valence-corrected chi connectivity index (χ1v) is 4.77. The lowest BCUT2D eigenvalue weighted by Gasteiger charge is -2.47. The molecular formula is C10H18. The zero-order valence-electron chi connectivity index (χ0n) is 7.14. The predicted octanol–water partition coefficient (Wildman–Crippen LogP) is 3.08. The summed E-state index contributed by atoms with van der Waals surface area (Å²) in [4.78, 5) is 0. The summed E-state index contributed by atoms with van der Waals surface area (Å²) in [5.41, 5.74) is 0. The average molecular weight is 138 g/mol. The van der Waals surface area contributed by atoms with Gasteiger partial charge in [-0.2, -0.15) is 0 Å². The summed E-state index contributed by atoms with van der Waals surface area (Å²) in [7, 11) is 0. The van der Waals surface area contributed by atoms with Crippen LogP contribution in [0.2, 0.25) is 0 Å². The molecule has 2 aliphatic carbocycles. The minimum Gasteiger partial charge on any atom is -0.0625 e. The van der Waals surface area contributed by atoms with Gasteiger partial charge in [-0.05, 0) is 49.4 Å². The van der Waals surface area contributed by atoms with E-state index in [1.54, 1.807) is 12.8 Å².